The van der Waals surface area contributed by atoms with Crippen molar-refractivity contribution in [2.75, 3.05) is 19.7 Å². The van der Waals surface area contributed by atoms with Crippen LogP contribution in [0.4, 0.5) is 4.39 Å². The highest BCUT2D eigenvalue weighted by molar-refractivity contribution is 7.89. The molecule has 154 valence electrons. The van der Waals surface area contributed by atoms with Crippen LogP contribution in [0.1, 0.15) is 44.9 Å². The average Bonchev–Trinajstić information content (AvgIpc) is 3.46. The number of carbonyl (C=O) groups excluding carboxylic acids is 1. The van der Waals surface area contributed by atoms with E-state index in [9.17, 15) is 17.6 Å². The first-order chi connectivity index (χ1) is 13.4. The summed E-state index contributed by atoms with van der Waals surface area (Å²) < 4.78 is 46.2. The smallest absolute Gasteiger partial charge is 0.243 e. The Bertz CT molecular complexity index is 815. The second-order valence-corrected chi connectivity index (χ2v) is 10.2. The molecule has 2 saturated heterocycles. The molecule has 1 amide bonds. The highest BCUT2D eigenvalue weighted by atomic mass is 32.2. The first-order valence-electron chi connectivity index (χ1n) is 10.1. The van der Waals surface area contributed by atoms with Crippen molar-refractivity contribution in [2.24, 2.45) is 5.92 Å². The molecule has 2 heterocycles. The molecular weight excluding hydrogens is 383 g/mol. The van der Waals surface area contributed by atoms with Crippen molar-refractivity contribution < 1.29 is 22.3 Å². The van der Waals surface area contributed by atoms with Gasteiger partial charge in [0.1, 0.15) is 5.82 Å². The van der Waals surface area contributed by atoms with Crippen LogP contribution in [0, 0.1) is 11.7 Å². The first kappa shape index (κ1) is 19.8. The molecule has 28 heavy (non-hydrogen) atoms. The van der Waals surface area contributed by atoms with Gasteiger partial charge < -0.3 is 10.1 Å². The number of ether oxygens (including phenoxy) is 1. The summed E-state index contributed by atoms with van der Waals surface area (Å²) in [4.78, 5) is 12.2. The van der Waals surface area contributed by atoms with Crippen molar-refractivity contribution in [3.05, 3.63) is 30.1 Å². The molecule has 0 radical (unpaired) electrons. The van der Waals surface area contributed by atoms with Gasteiger partial charge in [-0.2, -0.15) is 4.31 Å². The van der Waals surface area contributed by atoms with Crippen LogP contribution >= 0.6 is 0 Å². The molecule has 8 heteroatoms. The number of piperidine rings is 1. The van der Waals surface area contributed by atoms with Gasteiger partial charge in [0.15, 0.2) is 0 Å². The summed E-state index contributed by atoms with van der Waals surface area (Å²) in [7, 11) is -3.63. The van der Waals surface area contributed by atoms with Gasteiger partial charge in [-0.25, -0.2) is 12.8 Å². The van der Waals surface area contributed by atoms with Crippen LogP contribution in [0.15, 0.2) is 29.2 Å². The number of benzene rings is 1. The molecule has 0 bridgehead atoms. The molecule has 1 N–H and O–H groups in total. The number of carbonyl (C=O) groups is 1. The summed E-state index contributed by atoms with van der Waals surface area (Å²) in [6.45, 7) is 1.37. The molecule has 6 nitrogen and oxygen atoms in total. The van der Waals surface area contributed by atoms with Crippen LogP contribution in [0.5, 0.6) is 0 Å². The van der Waals surface area contributed by atoms with E-state index in [-0.39, 0.29) is 22.3 Å². The Balaban J connectivity index is 1.35. The summed E-state index contributed by atoms with van der Waals surface area (Å²) in [6.07, 6.45) is 5.61. The van der Waals surface area contributed by atoms with Gasteiger partial charge in [0.2, 0.25) is 15.9 Å². The minimum absolute atomic E-state index is 0.115. The lowest BCUT2D eigenvalue weighted by Crippen LogP contribution is -2.51. The number of hydrogen-bond acceptors (Lipinski definition) is 4. The Kier molecular flexibility index (Phi) is 5.46. The number of halogens is 1. The Morgan fingerprint density at radius 2 is 1.86 bits per heavy atom. The Labute approximate surface area is 165 Å². The second-order valence-electron chi connectivity index (χ2n) is 8.29. The van der Waals surface area contributed by atoms with E-state index in [1.807, 2.05) is 0 Å². The van der Waals surface area contributed by atoms with E-state index >= 15 is 0 Å². The van der Waals surface area contributed by atoms with E-state index < -0.39 is 15.8 Å². The van der Waals surface area contributed by atoms with Crippen LogP contribution in [0.25, 0.3) is 0 Å². The molecule has 3 fully saturated rings. The lowest BCUT2D eigenvalue weighted by Gasteiger charge is -2.45. The van der Waals surface area contributed by atoms with E-state index in [0.29, 0.717) is 45.0 Å². The number of nitrogens with zero attached hydrogens (tertiary/aromatic N) is 1. The van der Waals surface area contributed by atoms with Gasteiger partial charge in [0, 0.05) is 32.2 Å². The molecule has 2 aliphatic heterocycles. The van der Waals surface area contributed by atoms with Gasteiger partial charge in [-0.15, -0.1) is 0 Å². The monoisotopic (exact) mass is 410 g/mol. The van der Waals surface area contributed by atoms with Gasteiger partial charge in [0.25, 0.3) is 0 Å². The summed E-state index contributed by atoms with van der Waals surface area (Å²) in [5, 5.41) is 3.05. The van der Waals surface area contributed by atoms with Crippen LogP contribution < -0.4 is 5.32 Å². The molecule has 1 atom stereocenters. The van der Waals surface area contributed by atoms with Crippen LogP contribution in [-0.4, -0.2) is 50.0 Å². The predicted molar refractivity (Wildman–Crippen MR) is 102 cm³/mol. The fourth-order valence-corrected chi connectivity index (χ4v) is 5.76. The number of hydrogen-bond donors (Lipinski definition) is 1. The van der Waals surface area contributed by atoms with E-state index in [2.05, 4.69) is 5.32 Å². The Morgan fingerprint density at radius 1 is 1.18 bits per heavy atom. The zero-order valence-corrected chi connectivity index (χ0v) is 16.7. The average molecular weight is 411 g/mol. The number of amides is 1. The quantitative estimate of drug-likeness (QED) is 0.809. The van der Waals surface area contributed by atoms with Gasteiger partial charge in [-0.3, -0.25) is 4.79 Å². The molecule has 1 spiro atoms. The topological polar surface area (TPSA) is 75.7 Å². The van der Waals surface area contributed by atoms with E-state index in [0.717, 1.165) is 25.7 Å². The van der Waals surface area contributed by atoms with Crippen LogP contribution in [0.2, 0.25) is 0 Å². The first-order valence-corrected chi connectivity index (χ1v) is 11.5. The minimum atomic E-state index is -3.63. The van der Waals surface area contributed by atoms with Gasteiger partial charge in [-0.1, -0.05) is 0 Å². The zero-order valence-electron chi connectivity index (χ0n) is 15.9. The molecule has 4 rings (SSSR count). The highest BCUT2D eigenvalue weighted by Gasteiger charge is 2.43. The standard InChI is InChI=1S/C20H27FN2O4S/c21-16-1-5-18(6-2-16)28(25,26)23-10-8-20(9-11-23)14-15(7-12-27-20)13-19(24)22-17-3-4-17/h1-2,5-6,15,17H,3-4,7-14H2,(H,22,24). The van der Waals surface area contributed by atoms with E-state index in [4.69, 9.17) is 4.74 Å². The van der Waals surface area contributed by atoms with Crippen molar-refractivity contribution in [2.45, 2.75) is 61.5 Å². The van der Waals surface area contributed by atoms with Crippen LogP contribution in [0.3, 0.4) is 0 Å². The fourth-order valence-electron chi connectivity index (χ4n) is 4.32. The SMILES string of the molecule is O=C(CC1CCOC2(CCN(S(=O)(=O)c3ccc(F)cc3)CC2)C1)NC1CC1. The van der Waals surface area contributed by atoms with Crippen molar-refractivity contribution in [3.8, 4) is 0 Å². The fraction of sp³-hybridized carbons (Fsp3) is 0.650. The number of rotatable bonds is 5. The lowest BCUT2D eigenvalue weighted by atomic mass is 9.78. The molecule has 1 aromatic carbocycles. The number of sulfonamides is 1. The molecule has 3 aliphatic rings. The van der Waals surface area contributed by atoms with Crippen LogP contribution in [-0.2, 0) is 19.6 Å². The Morgan fingerprint density at radius 3 is 2.50 bits per heavy atom. The number of nitrogens with one attached hydrogen (secondary N) is 1. The molecule has 1 unspecified atom stereocenters. The second kappa shape index (κ2) is 7.72. The van der Waals surface area contributed by atoms with Crippen molar-refractivity contribution in [1.82, 2.24) is 9.62 Å². The molecule has 1 aromatic rings. The van der Waals surface area contributed by atoms with Crippen molar-refractivity contribution in [3.63, 3.8) is 0 Å². The molecular formula is C20H27FN2O4S. The largest absolute Gasteiger partial charge is 0.375 e. The normalized spacial score (nSPS) is 25.5. The maximum atomic E-state index is 13.1. The third-order valence-corrected chi connectivity index (χ3v) is 8.01. The van der Waals surface area contributed by atoms with Crippen molar-refractivity contribution in [1.29, 1.82) is 0 Å². The summed E-state index contributed by atoms with van der Waals surface area (Å²) >= 11 is 0. The lowest BCUT2D eigenvalue weighted by molar-refractivity contribution is -0.132. The molecule has 0 aromatic heterocycles. The van der Waals surface area contributed by atoms with Gasteiger partial charge in [0.05, 0.1) is 10.5 Å². The molecule has 1 saturated carbocycles. The zero-order chi connectivity index (χ0) is 19.8. The van der Waals surface area contributed by atoms with E-state index in [1.54, 1.807) is 0 Å². The van der Waals surface area contributed by atoms with E-state index in [1.165, 1.54) is 28.6 Å². The maximum absolute atomic E-state index is 13.1. The highest BCUT2D eigenvalue weighted by Crippen LogP contribution is 2.40. The summed E-state index contributed by atoms with van der Waals surface area (Å²) in [5.74, 6) is -0.0439. The Hall–Kier alpha value is -1.51. The summed E-state index contributed by atoms with van der Waals surface area (Å²) in [5.41, 5.74) is -0.336. The van der Waals surface area contributed by atoms with Crippen molar-refractivity contribution >= 4 is 15.9 Å². The predicted octanol–water partition coefficient (Wildman–Crippen LogP) is 2.44. The summed E-state index contributed by atoms with van der Waals surface area (Å²) in [6, 6.07) is 5.32. The molecule has 1 aliphatic carbocycles. The van der Waals surface area contributed by atoms with Gasteiger partial charge >= 0.3 is 0 Å². The van der Waals surface area contributed by atoms with Gasteiger partial charge in [-0.05, 0) is 68.7 Å². The third kappa shape index (κ3) is 4.39. The maximum Gasteiger partial charge on any atom is 0.243 e. The third-order valence-electron chi connectivity index (χ3n) is 6.10. The minimum Gasteiger partial charge on any atom is -0.375 e.